The SMILES string of the molecule is CCC[CH2][Sn]([CH2]CCC)([CH2]CCC)[c]1cnnn1C.c1cn[nH]n1. The minimum atomic E-state index is -2.26. The van der Waals surface area contributed by atoms with Crippen LogP contribution in [0.4, 0.5) is 0 Å². The second-order valence-electron chi connectivity index (χ2n) is 6.49. The molecule has 0 saturated carbocycles. The second-order valence-corrected chi connectivity index (χ2v) is 19.5. The molecule has 0 bridgehead atoms. The molecule has 6 nitrogen and oxygen atoms in total. The Hall–Kier alpha value is -0.921. The number of aryl methyl sites for hydroxylation is 1. The molecule has 0 radical (unpaired) electrons. The summed E-state index contributed by atoms with van der Waals surface area (Å²) in [7, 11) is 2.10. The van der Waals surface area contributed by atoms with Crippen LogP contribution in [0.25, 0.3) is 0 Å². The molecule has 24 heavy (non-hydrogen) atoms. The maximum Gasteiger partial charge on any atom is 0.0690 e. The fourth-order valence-electron chi connectivity index (χ4n) is 3.24. The van der Waals surface area contributed by atoms with Crippen LogP contribution in [0.1, 0.15) is 59.3 Å². The van der Waals surface area contributed by atoms with Gasteiger partial charge in [0.1, 0.15) is 0 Å². The Morgan fingerprint density at radius 1 is 0.917 bits per heavy atom. The van der Waals surface area contributed by atoms with Gasteiger partial charge in [0.2, 0.25) is 0 Å². The first-order chi connectivity index (χ1) is 11.7. The van der Waals surface area contributed by atoms with Gasteiger partial charge in [-0.25, -0.2) is 0 Å². The van der Waals surface area contributed by atoms with Crippen molar-refractivity contribution in [1.29, 1.82) is 0 Å². The van der Waals surface area contributed by atoms with Gasteiger partial charge in [0.25, 0.3) is 0 Å². The molecule has 0 atom stereocenters. The number of hydrogen-bond acceptors (Lipinski definition) is 4. The van der Waals surface area contributed by atoms with Crippen molar-refractivity contribution in [3.63, 3.8) is 0 Å². The second kappa shape index (κ2) is 12.4. The van der Waals surface area contributed by atoms with Crippen LogP contribution in [-0.4, -0.2) is 48.8 Å². The summed E-state index contributed by atoms with van der Waals surface area (Å²) in [6.45, 7) is 6.95. The third-order valence-corrected chi connectivity index (χ3v) is 20.2. The van der Waals surface area contributed by atoms with Gasteiger partial charge in [-0.3, -0.25) is 0 Å². The fourth-order valence-corrected chi connectivity index (χ4v) is 19.4. The molecule has 0 amide bonds. The predicted molar refractivity (Wildman–Crippen MR) is 102 cm³/mol. The number of hydrogen-bond donors (Lipinski definition) is 1. The van der Waals surface area contributed by atoms with E-state index < -0.39 is 18.4 Å². The molecule has 2 aromatic rings. The van der Waals surface area contributed by atoms with Gasteiger partial charge in [-0.2, -0.15) is 15.4 Å². The van der Waals surface area contributed by atoms with Crippen LogP contribution in [0.5, 0.6) is 0 Å². The van der Waals surface area contributed by atoms with E-state index in [0.29, 0.717) is 0 Å². The average Bonchev–Trinajstić information content (AvgIpc) is 3.30. The van der Waals surface area contributed by atoms with E-state index in [0.717, 1.165) is 0 Å². The summed E-state index contributed by atoms with van der Waals surface area (Å²) >= 11 is -2.26. The van der Waals surface area contributed by atoms with Crippen LogP contribution >= 0.6 is 0 Å². The van der Waals surface area contributed by atoms with E-state index in [1.807, 2.05) is 0 Å². The molecular weight excluding hydrogens is 407 g/mol. The Balaban J connectivity index is 0.000000488. The van der Waals surface area contributed by atoms with Crippen LogP contribution in [0.2, 0.25) is 13.3 Å². The van der Waals surface area contributed by atoms with Gasteiger partial charge in [0, 0.05) is 0 Å². The van der Waals surface area contributed by atoms with Gasteiger partial charge in [0.15, 0.2) is 0 Å². The quantitative estimate of drug-likeness (QED) is 0.572. The molecule has 2 rings (SSSR count). The molecule has 2 heterocycles. The fraction of sp³-hybridized carbons (Fsp3) is 0.765. The minimum absolute atomic E-state index is 1.32. The van der Waals surface area contributed by atoms with Gasteiger partial charge in [-0.1, -0.05) is 0 Å². The van der Waals surface area contributed by atoms with Crippen molar-refractivity contribution in [1.82, 2.24) is 30.4 Å². The third kappa shape index (κ3) is 6.91. The normalized spacial score (nSPS) is 11.2. The van der Waals surface area contributed by atoms with Crippen LogP contribution in [0.3, 0.4) is 0 Å². The predicted octanol–water partition coefficient (Wildman–Crippen LogP) is 3.68. The summed E-state index contributed by atoms with van der Waals surface area (Å²) in [5, 5.41) is 17.7. The topological polar surface area (TPSA) is 72.3 Å². The number of nitrogens with one attached hydrogen (secondary N) is 1. The van der Waals surface area contributed by atoms with Crippen molar-refractivity contribution in [2.75, 3.05) is 0 Å². The van der Waals surface area contributed by atoms with E-state index in [2.05, 4.69) is 64.4 Å². The molecular formula is C17H34N6Sn. The molecule has 1 N–H and O–H groups in total. The van der Waals surface area contributed by atoms with Crippen LogP contribution in [0.15, 0.2) is 18.6 Å². The molecule has 0 aromatic carbocycles. The summed E-state index contributed by atoms with van der Waals surface area (Å²) in [6.07, 6.45) is 13.4. The number of aromatic amines is 1. The first-order valence-corrected chi connectivity index (χ1v) is 16.8. The monoisotopic (exact) mass is 442 g/mol. The molecule has 0 aliphatic heterocycles. The van der Waals surface area contributed by atoms with Crippen molar-refractivity contribution in [3.8, 4) is 0 Å². The Morgan fingerprint density at radius 2 is 1.42 bits per heavy atom. The zero-order valence-corrected chi connectivity index (χ0v) is 18.7. The van der Waals surface area contributed by atoms with Crippen molar-refractivity contribution in [2.24, 2.45) is 7.05 Å². The van der Waals surface area contributed by atoms with Crippen LogP contribution in [0, 0.1) is 0 Å². The average molecular weight is 441 g/mol. The third-order valence-electron chi connectivity index (χ3n) is 4.62. The molecule has 7 heteroatoms. The van der Waals surface area contributed by atoms with Crippen LogP contribution in [-0.2, 0) is 7.05 Å². The van der Waals surface area contributed by atoms with Gasteiger partial charge in [-0.05, 0) is 0 Å². The van der Waals surface area contributed by atoms with E-state index in [9.17, 15) is 0 Å². The Labute approximate surface area is 150 Å². The first kappa shape index (κ1) is 21.1. The molecule has 2 aromatic heterocycles. The van der Waals surface area contributed by atoms with Gasteiger partial charge >= 0.3 is 123 Å². The molecule has 0 aliphatic carbocycles. The van der Waals surface area contributed by atoms with E-state index >= 15 is 0 Å². The summed E-state index contributed by atoms with van der Waals surface area (Å²) in [4.78, 5) is 0. The first-order valence-electron chi connectivity index (χ1n) is 9.35. The van der Waals surface area contributed by atoms with E-state index in [1.54, 1.807) is 16.1 Å². The van der Waals surface area contributed by atoms with Gasteiger partial charge < -0.3 is 0 Å². The Morgan fingerprint density at radius 3 is 1.71 bits per heavy atom. The zero-order chi connectivity index (χ0) is 17.7. The minimum Gasteiger partial charge on any atom is -0.198 e. The molecule has 136 valence electrons. The summed E-state index contributed by atoms with van der Waals surface area (Å²) in [5.41, 5.74) is 0. The van der Waals surface area contributed by atoms with Gasteiger partial charge in [0.05, 0.1) is 12.4 Å². The Bertz CT molecular complexity index is 472. The molecule has 0 saturated heterocycles. The maximum absolute atomic E-state index is 4.23. The smallest absolute Gasteiger partial charge is 0.0690 e. The summed E-state index contributed by atoms with van der Waals surface area (Å²) in [5.74, 6) is 0. The van der Waals surface area contributed by atoms with Crippen molar-refractivity contribution >= 4 is 22.1 Å². The number of unbranched alkanes of at least 4 members (excludes halogenated alkanes) is 3. The summed E-state index contributed by atoms with van der Waals surface area (Å²) < 4.78 is 8.13. The molecule has 0 aliphatic rings. The molecule has 0 unspecified atom stereocenters. The summed E-state index contributed by atoms with van der Waals surface area (Å²) in [6, 6.07) is 0. The largest absolute Gasteiger partial charge is 0.198 e. The van der Waals surface area contributed by atoms with Crippen LogP contribution < -0.4 is 3.71 Å². The number of rotatable bonds is 10. The number of nitrogens with zero attached hydrogens (tertiary/aromatic N) is 5. The van der Waals surface area contributed by atoms with E-state index in [-0.39, 0.29) is 0 Å². The van der Waals surface area contributed by atoms with Crippen molar-refractivity contribution in [2.45, 2.75) is 72.6 Å². The van der Waals surface area contributed by atoms with E-state index in [4.69, 9.17) is 0 Å². The van der Waals surface area contributed by atoms with Gasteiger partial charge in [-0.15, -0.1) is 0 Å². The zero-order valence-electron chi connectivity index (χ0n) is 15.8. The Kier molecular flexibility index (Phi) is 11.0. The molecule has 0 spiro atoms. The standard InChI is InChI=1S/3C4H9.C3H4N3.C2H3N3.Sn/c3*1-3-4-2;1-6-3-2-4-5-6;1-2-4-5-3-1;/h3*1,3-4H2,2H3;2H,1H3;1-2H,(H,3,4,5);. The van der Waals surface area contributed by atoms with E-state index in [1.165, 1.54) is 51.8 Å². The van der Waals surface area contributed by atoms with Crippen molar-refractivity contribution in [3.05, 3.63) is 18.6 Å². The number of H-pyrrole nitrogens is 1. The molecule has 0 fully saturated rings. The van der Waals surface area contributed by atoms with Crippen molar-refractivity contribution < 1.29 is 0 Å². The maximum atomic E-state index is 4.23. The number of aromatic nitrogens is 6.